The van der Waals surface area contributed by atoms with Crippen LogP contribution in [0.4, 0.5) is 4.79 Å². The average Bonchev–Trinajstić information content (AvgIpc) is 3.10. The number of ketones is 1. The molecule has 37 heavy (non-hydrogen) atoms. The van der Waals surface area contributed by atoms with Gasteiger partial charge in [-0.25, -0.2) is 4.79 Å². The van der Waals surface area contributed by atoms with Crippen LogP contribution in [-0.4, -0.2) is 49.8 Å². The van der Waals surface area contributed by atoms with E-state index in [0.717, 1.165) is 11.1 Å². The molecule has 2 aromatic rings. The summed E-state index contributed by atoms with van der Waals surface area (Å²) >= 11 is 0. The number of hydrogen-bond donors (Lipinski definition) is 1. The van der Waals surface area contributed by atoms with Crippen molar-refractivity contribution in [3.05, 3.63) is 76.8 Å². The minimum atomic E-state index is -0.680. The smallest absolute Gasteiger partial charge is 0.469 e. The van der Waals surface area contributed by atoms with Crippen molar-refractivity contribution < 1.29 is 33.2 Å². The van der Waals surface area contributed by atoms with Crippen LogP contribution in [0.2, 0.25) is 0 Å². The zero-order valence-electron chi connectivity index (χ0n) is 22.0. The molecule has 0 bridgehead atoms. The first kappa shape index (κ1) is 28.2. The lowest BCUT2D eigenvalue weighted by molar-refractivity contribution is -0.140. The van der Waals surface area contributed by atoms with Gasteiger partial charge in [-0.1, -0.05) is 60.7 Å². The van der Waals surface area contributed by atoms with Crippen molar-refractivity contribution in [2.24, 2.45) is 0 Å². The Bertz CT molecular complexity index is 1110. The Hall–Kier alpha value is -3.43. The number of carbonyl (C=O) groups excluding carboxylic acids is 3. The molecule has 0 radical (unpaired) electrons. The third-order valence-electron chi connectivity index (χ3n) is 6.57. The second kappa shape index (κ2) is 12.2. The third kappa shape index (κ3) is 7.78. The lowest BCUT2D eigenvalue weighted by Crippen LogP contribution is -2.41. The maximum Gasteiger partial charge on any atom is 0.492 e. The Labute approximate surface area is 218 Å². The van der Waals surface area contributed by atoms with Gasteiger partial charge in [0.15, 0.2) is 5.78 Å². The van der Waals surface area contributed by atoms with Crippen molar-refractivity contribution in [1.82, 2.24) is 5.32 Å². The molecule has 3 rings (SSSR count). The molecule has 8 nitrogen and oxygen atoms in total. The van der Waals surface area contributed by atoms with Gasteiger partial charge in [0, 0.05) is 18.5 Å². The standard InChI is InChI=1S/C28H34BNO7/c1-27(2)28(3,4)37-29(36-27)23(18-30-26(33)35-19-21-9-7-6-8-10-21)17-20-11-13-22(14-12-20)24(31)15-16-25(32)34-5/h6-14,17H,15-16,18-19H2,1-5H3,(H,30,33). The summed E-state index contributed by atoms with van der Waals surface area (Å²) in [6, 6.07) is 16.4. The predicted octanol–water partition coefficient (Wildman–Crippen LogP) is 4.76. The van der Waals surface area contributed by atoms with Crippen LogP contribution in [0.15, 0.2) is 60.1 Å². The summed E-state index contributed by atoms with van der Waals surface area (Å²) in [4.78, 5) is 36.1. The molecule has 1 heterocycles. The van der Waals surface area contributed by atoms with Crippen molar-refractivity contribution >= 4 is 31.0 Å². The van der Waals surface area contributed by atoms with E-state index in [1.54, 1.807) is 24.3 Å². The summed E-state index contributed by atoms with van der Waals surface area (Å²) in [7, 11) is 0.615. The Morgan fingerprint density at radius 1 is 0.919 bits per heavy atom. The number of benzene rings is 2. The first-order valence-corrected chi connectivity index (χ1v) is 12.2. The minimum Gasteiger partial charge on any atom is -0.469 e. The van der Waals surface area contributed by atoms with Gasteiger partial charge in [0.2, 0.25) is 0 Å². The molecule has 0 aromatic heterocycles. The second-order valence-electron chi connectivity index (χ2n) is 9.84. The molecule has 1 saturated heterocycles. The number of amides is 1. The summed E-state index contributed by atoms with van der Waals surface area (Å²) in [6.07, 6.45) is 1.42. The molecule has 0 unspecified atom stereocenters. The molecule has 0 aliphatic carbocycles. The minimum absolute atomic E-state index is 0.0368. The van der Waals surface area contributed by atoms with Crippen LogP contribution in [0.5, 0.6) is 0 Å². The van der Waals surface area contributed by atoms with E-state index < -0.39 is 30.4 Å². The van der Waals surface area contributed by atoms with Gasteiger partial charge in [-0.15, -0.1) is 0 Å². The molecule has 2 aromatic carbocycles. The SMILES string of the molecule is COC(=O)CCC(=O)c1ccc(C=C(CNC(=O)OCc2ccccc2)B2OC(C)(C)C(C)(C)O2)cc1. The Balaban J connectivity index is 1.71. The second-order valence-corrected chi connectivity index (χ2v) is 9.84. The molecule has 0 saturated carbocycles. The van der Waals surface area contributed by atoms with Crippen molar-refractivity contribution in [1.29, 1.82) is 0 Å². The number of ether oxygens (including phenoxy) is 2. The number of alkyl carbamates (subject to hydrolysis) is 1. The molecule has 1 amide bonds. The summed E-state index contributed by atoms with van der Waals surface area (Å²) in [5.41, 5.74) is 1.77. The molecule has 1 fully saturated rings. The maximum absolute atomic E-state index is 12.4. The van der Waals surface area contributed by atoms with Gasteiger partial charge >= 0.3 is 19.2 Å². The zero-order chi connectivity index (χ0) is 27.1. The first-order valence-electron chi connectivity index (χ1n) is 12.2. The van der Waals surface area contributed by atoms with Crippen molar-refractivity contribution in [3.8, 4) is 0 Å². The van der Waals surface area contributed by atoms with E-state index >= 15 is 0 Å². The number of Topliss-reactive ketones (excluding diaryl/α,β-unsaturated/α-hetero) is 1. The highest BCUT2D eigenvalue weighted by atomic mass is 16.7. The zero-order valence-corrected chi connectivity index (χ0v) is 22.0. The quantitative estimate of drug-likeness (QED) is 0.281. The molecular formula is C28H34BNO7. The normalized spacial score (nSPS) is 16.2. The highest BCUT2D eigenvalue weighted by Gasteiger charge is 2.52. The van der Waals surface area contributed by atoms with E-state index in [1.807, 2.05) is 64.1 Å². The summed E-state index contributed by atoms with van der Waals surface area (Å²) in [5.74, 6) is -0.565. The van der Waals surface area contributed by atoms with Gasteiger partial charge in [-0.05, 0) is 44.3 Å². The van der Waals surface area contributed by atoms with Crippen LogP contribution in [-0.2, 0) is 30.2 Å². The summed E-state index contributed by atoms with van der Waals surface area (Å²) in [6.45, 7) is 8.14. The molecule has 1 aliphatic rings. The fourth-order valence-corrected chi connectivity index (χ4v) is 3.59. The number of hydrogen-bond acceptors (Lipinski definition) is 7. The Morgan fingerprint density at radius 3 is 2.14 bits per heavy atom. The number of methoxy groups -OCH3 is 1. The van der Waals surface area contributed by atoms with Crippen molar-refractivity contribution in [2.45, 2.75) is 58.3 Å². The molecule has 9 heteroatoms. The highest BCUT2D eigenvalue weighted by Crippen LogP contribution is 2.38. The largest absolute Gasteiger partial charge is 0.492 e. The van der Waals surface area contributed by atoms with Gasteiger partial charge in [0.25, 0.3) is 0 Å². The van der Waals surface area contributed by atoms with Gasteiger partial charge in [-0.3, -0.25) is 9.59 Å². The Kier molecular flexibility index (Phi) is 9.29. The predicted molar refractivity (Wildman–Crippen MR) is 141 cm³/mol. The number of rotatable bonds is 10. The van der Waals surface area contributed by atoms with E-state index in [4.69, 9.17) is 14.0 Å². The number of carbonyl (C=O) groups is 3. The topological polar surface area (TPSA) is 100 Å². The van der Waals surface area contributed by atoms with E-state index in [2.05, 4.69) is 10.1 Å². The molecule has 1 aliphatic heterocycles. The van der Waals surface area contributed by atoms with Gasteiger partial charge in [0.1, 0.15) is 6.61 Å². The van der Waals surface area contributed by atoms with Crippen LogP contribution in [0.1, 0.15) is 62.0 Å². The van der Waals surface area contributed by atoms with Crippen LogP contribution < -0.4 is 5.32 Å². The number of nitrogens with one attached hydrogen (secondary N) is 1. The molecular weight excluding hydrogens is 473 g/mol. The monoisotopic (exact) mass is 507 g/mol. The fourth-order valence-electron chi connectivity index (χ4n) is 3.59. The third-order valence-corrected chi connectivity index (χ3v) is 6.57. The van der Waals surface area contributed by atoms with E-state index in [1.165, 1.54) is 7.11 Å². The highest BCUT2D eigenvalue weighted by molar-refractivity contribution is 6.56. The maximum atomic E-state index is 12.4. The van der Waals surface area contributed by atoms with Crippen LogP contribution in [0.3, 0.4) is 0 Å². The van der Waals surface area contributed by atoms with Crippen LogP contribution in [0, 0.1) is 0 Å². The van der Waals surface area contributed by atoms with Gasteiger partial charge < -0.3 is 24.1 Å². The van der Waals surface area contributed by atoms with Crippen LogP contribution >= 0.6 is 0 Å². The lowest BCUT2D eigenvalue weighted by atomic mass is 9.77. The molecule has 0 spiro atoms. The van der Waals surface area contributed by atoms with Gasteiger partial charge in [-0.2, -0.15) is 0 Å². The molecule has 0 atom stereocenters. The van der Waals surface area contributed by atoms with E-state index in [-0.39, 0.29) is 31.8 Å². The average molecular weight is 507 g/mol. The van der Waals surface area contributed by atoms with Gasteiger partial charge in [0.05, 0.1) is 24.7 Å². The summed E-state index contributed by atoms with van der Waals surface area (Å²) < 4.78 is 22.3. The fraction of sp³-hybridized carbons (Fsp3) is 0.393. The summed E-state index contributed by atoms with van der Waals surface area (Å²) in [5, 5.41) is 2.78. The van der Waals surface area contributed by atoms with E-state index in [9.17, 15) is 14.4 Å². The van der Waals surface area contributed by atoms with E-state index in [0.29, 0.717) is 11.0 Å². The first-order chi connectivity index (χ1) is 17.5. The lowest BCUT2D eigenvalue weighted by Gasteiger charge is -2.32. The molecule has 196 valence electrons. The number of esters is 1. The van der Waals surface area contributed by atoms with Crippen molar-refractivity contribution in [2.75, 3.05) is 13.7 Å². The van der Waals surface area contributed by atoms with Crippen LogP contribution in [0.25, 0.3) is 6.08 Å². The van der Waals surface area contributed by atoms with Crippen molar-refractivity contribution in [3.63, 3.8) is 0 Å². The molecule has 1 N–H and O–H groups in total. The Morgan fingerprint density at radius 2 is 1.54 bits per heavy atom.